The van der Waals surface area contributed by atoms with Crippen LogP contribution in [0.4, 0.5) is 36.3 Å². The maximum absolute atomic E-state index is 13.2. The number of anilines is 4. The standard InChI is InChI=1S/C19H18F3N5/c1-3-27(14-8-6-7-13(2)11-14)18-25-17(12-23-26-18)24-16-10-5-4-9-15(16)19(20,21)22/h4-12H,3H2,1-2H3,(H,24,25,26). The lowest BCUT2D eigenvalue weighted by Gasteiger charge is -2.21. The van der Waals surface area contributed by atoms with E-state index in [4.69, 9.17) is 0 Å². The number of benzene rings is 2. The molecule has 1 N–H and O–H groups in total. The molecule has 2 aromatic carbocycles. The molecule has 1 heterocycles. The molecule has 5 nitrogen and oxygen atoms in total. The van der Waals surface area contributed by atoms with Gasteiger partial charge in [0.2, 0.25) is 0 Å². The Morgan fingerprint density at radius 3 is 2.56 bits per heavy atom. The topological polar surface area (TPSA) is 53.9 Å². The van der Waals surface area contributed by atoms with Crippen LogP contribution in [0.5, 0.6) is 0 Å². The highest BCUT2D eigenvalue weighted by atomic mass is 19.4. The molecule has 0 fully saturated rings. The molecule has 0 amide bonds. The van der Waals surface area contributed by atoms with Gasteiger partial charge in [0.1, 0.15) is 0 Å². The van der Waals surface area contributed by atoms with Crippen molar-refractivity contribution in [1.82, 2.24) is 15.2 Å². The van der Waals surface area contributed by atoms with Gasteiger partial charge in [-0.15, -0.1) is 5.10 Å². The first-order chi connectivity index (χ1) is 12.9. The van der Waals surface area contributed by atoms with Crippen molar-refractivity contribution in [3.63, 3.8) is 0 Å². The summed E-state index contributed by atoms with van der Waals surface area (Å²) < 4.78 is 39.5. The van der Waals surface area contributed by atoms with Crippen molar-refractivity contribution < 1.29 is 13.2 Å². The lowest BCUT2D eigenvalue weighted by molar-refractivity contribution is -0.136. The Bertz CT molecular complexity index is 927. The van der Waals surface area contributed by atoms with Crippen molar-refractivity contribution in [2.75, 3.05) is 16.8 Å². The maximum atomic E-state index is 13.2. The largest absolute Gasteiger partial charge is 0.418 e. The van der Waals surface area contributed by atoms with Crippen LogP contribution in [0.15, 0.2) is 54.7 Å². The Labute approximate surface area is 154 Å². The second-order valence-corrected chi connectivity index (χ2v) is 5.89. The molecule has 0 aliphatic rings. The number of aryl methyl sites for hydroxylation is 1. The molecule has 0 saturated carbocycles. The van der Waals surface area contributed by atoms with Crippen LogP contribution in [0.25, 0.3) is 0 Å². The molecule has 3 rings (SSSR count). The third-order valence-corrected chi connectivity index (χ3v) is 3.91. The fourth-order valence-corrected chi connectivity index (χ4v) is 2.68. The summed E-state index contributed by atoms with van der Waals surface area (Å²) in [6.07, 6.45) is -3.18. The van der Waals surface area contributed by atoms with Crippen molar-refractivity contribution in [2.24, 2.45) is 0 Å². The first kappa shape index (κ1) is 18.6. The van der Waals surface area contributed by atoms with Gasteiger partial charge >= 0.3 is 6.18 Å². The first-order valence-corrected chi connectivity index (χ1v) is 8.35. The van der Waals surface area contributed by atoms with Crippen molar-refractivity contribution in [2.45, 2.75) is 20.0 Å². The molecule has 0 atom stereocenters. The second-order valence-electron chi connectivity index (χ2n) is 5.89. The monoisotopic (exact) mass is 373 g/mol. The molecule has 27 heavy (non-hydrogen) atoms. The van der Waals surface area contributed by atoms with Crippen molar-refractivity contribution >= 4 is 23.1 Å². The molecule has 0 unspecified atom stereocenters. The summed E-state index contributed by atoms with van der Waals surface area (Å²) in [5.41, 5.74) is 1.10. The molecule has 0 radical (unpaired) electrons. The number of nitrogens with zero attached hydrogens (tertiary/aromatic N) is 4. The van der Waals surface area contributed by atoms with E-state index in [9.17, 15) is 13.2 Å². The van der Waals surface area contributed by atoms with Crippen molar-refractivity contribution in [3.05, 3.63) is 65.9 Å². The summed E-state index contributed by atoms with van der Waals surface area (Å²) in [7, 11) is 0. The smallest absolute Gasteiger partial charge is 0.338 e. The molecule has 0 aliphatic heterocycles. The third-order valence-electron chi connectivity index (χ3n) is 3.91. The molecule has 0 bridgehead atoms. The number of nitrogens with one attached hydrogen (secondary N) is 1. The first-order valence-electron chi connectivity index (χ1n) is 8.35. The van der Waals surface area contributed by atoms with E-state index in [0.717, 1.165) is 17.3 Å². The molecule has 8 heteroatoms. The summed E-state index contributed by atoms with van der Waals surface area (Å²) >= 11 is 0. The Hall–Kier alpha value is -3.16. The summed E-state index contributed by atoms with van der Waals surface area (Å²) in [5.74, 6) is 0.486. The van der Waals surface area contributed by atoms with Crippen molar-refractivity contribution in [3.8, 4) is 0 Å². The Morgan fingerprint density at radius 1 is 1.07 bits per heavy atom. The number of aromatic nitrogens is 3. The van der Waals surface area contributed by atoms with Crippen LogP contribution in [0, 0.1) is 6.92 Å². The van der Waals surface area contributed by atoms with Crippen LogP contribution in [0.3, 0.4) is 0 Å². The fourth-order valence-electron chi connectivity index (χ4n) is 2.68. The minimum atomic E-state index is -4.47. The van der Waals surface area contributed by atoms with Gasteiger partial charge in [0.15, 0.2) is 5.82 Å². The van der Waals surface area contributed by atoms with E-state index in [-0.39, 0.29) is 11.5 Å². The Kier molecular flexibility index (Phi) is 5.25. The van der Waals surface area contributed by atoms with E-state index in [2.05, 4.69) is 20.5 Å². The molecule has 3 aromatic rings. The summed E-state index contributed by atoms with van der Waals surface area (Å²) in [6.45, 7) is 4.49. The zero-order valence-electron chi connectivity index (χ0n) is 14.8. The predicted octanol–water partition coefficient (Wildman–Crippen LogP) is 5.10. The van der Waals surface area contributed by atoms with Gasteiger partial charge in [0, 0.05) is 12.2 Å². The maximum Gasteiger partial charge on any atom is 0.418 e. The van der Waals surface area contributed by atoms with Gasteiger partial charge in [-0.2, -0.15) is 23.3 Å². The van der Waals surface area contributed by atoms with E-state index in [1.165, 1.54) is 24.4 Å². The average molecular weight is 373 g/mol. The van der Waals surface area contributed by atoms with Gasteiger partial charge in [-0.3, -0.25) is 0 Å². The fraction of sp³-hybridized carbons (Fsp3) is 0.211. The summed E-state index contributed by atoms with van der Waals surface area (Å²) in [5, 5.41) is 10.6. The molecular weight excluding hydrogens is 355 g/mol. The van der Waals surface area contributed by atoms with Crippen LogP contribution in [0.2, 0.25) is 0 Å². The van der Waals surface area contributed by atoms with Gasteiger partial charge in [-0.05, 0) is 43.7 Å². The van der Waals surface area contributed by atoms with E-state index in [1.54, 1.807) is 0 Å². The normalized spacial score (nSPS) is 11.3. The zero-order valence-corrected chi connectivity index (χ0v) is 14.8. The quantitative estimate of drug-likeness (QED) is 0.674. The Morgan fingerprint density at radius 2 is 1.85 bits per heavy atom. The highest BCUT2D eigenvalue weighted by Crippen LogP contribution is 2.35. The molecule has 0 spiro atoms. The van der Waals surface area contributed by atoms with Crippen LogP contribution in [-0.2, 0) is 6.18 Å². The van der Waals surface area contributed by atoms with Gasteiger partial charge in [-0.1, -0.05) is 24.3 Å². The molecule has 0 saturated heterocycles. The third kappa shape index (κ3) is 4.33. The highest BCUT2D eigenvalue weighted by Gasteiger charge is 2.33. The SMILES string of the molecule is CCN(c1cccc(C)c1)c1nncc(Nc2ccccc2C(F)(F)F)n1. The van der Waals surface area contributed by atoms with Gasteiger partial charge in [0.05, 0.1) is 17.4 Å². The predicted molar refractivity (Wildman–Crippen MR) is 98.4 cm³/mol. The number of rotatable bonds is 5. The van der Waals surface area contributed by atoms with Crippen LogP contribution < -0.4 is 10.2 Å². The van der Waals surface area contributed by atoms with Gasteiger partial charge in [-0.25, -0.2) is 0 Å². The van der Waals surface area contributed by atoms with E-state index in [0.29, 0.717) is 12.5 Å². The molecule has 0 aliphatic carbocycles. The minimum absolute atomic E-state index is 0.0879. The highest BCUT2D eigenvalue weighted by molar-refractivity contribution is 5.63. The summed E-state index contributed by atoms with van der Waals surface area (Å²) in [4.78, 5) is 6.18. The van der Waals surface area contributed by atoms with Crippen LogP contribution in [0.1, 0.15) is 18.1 Å². The minimum Gasteiger partial charge on any atom is -0.338 e. The lowest BCUT2D eigenvalue weighted by Crippen LogP contribution is -2.20. The van der Waals surface area contributed by atoms with Crippen LogP contribution in [-0.4, -0.2) is 21.7 Å². The average Bonchev–Trinajstić information content (AvgIpc) is 2.62. The number of hydrogen-bond acceptors (Lipinski definition) is 5. The van der Waals surface area contributed by atoms with Gasteiger partial charge in [0.25, 0.3) is 5.95 Å². The van der Waals surface area contributed by atoms with Crippen LogP contribution >= 0.6 is 0 Å². The second kappa shape index (κ2) is 7.61. The lowest BCUT2D eigenvalue weighted by atomic mass is 10.1. The molecular formula is C19H18F3N5. The zero-order chi connectivity index (χ0) is 19.4. The molecule has 140 valence electrons. The number of alkyl halides is 3. The number of halogens is 3. The van der Waals surface area contributed by atoms with Crippen molar-refractivity contribution in [1.29, 1.82) is 0 Å². The Balaban J connectivity index is 1.93. The van der Waals surface area contributed by atoms with Gasteiger partial charge < -0.3 is 10.2 Å². The number of para-hydroxylation sites is 1. The van der Waals surface area contributed by atoms with E-state index in [1.807, 2.05) is 43.0 Å². The summed E-state index contributed by atoms with van der Waals surface area (Å²) in [6, 6.07) is 13.0. The van der Waals surface area contributed by atoms with E-state index >= 15 is 0 Å². The number of hydrogen-bond donors (Lipinski definition) is 1. The van der Waals surface area contributed by atoms with E-state index < -0.39 is 11.7 Å². The molecule has 1 aromatic heterocycles.